The van der Waals surface area contributed by atoms with Crippen molar-refractivity contribution in [2.24, 2.45) is 0 Å². The van der Waals surface area contributed by atoms with E-state index in [4.69, 9.17) is 4.74 Å². The average Bonchev–Trinajstić information content (AvgIpc) is 2.20. The molecule has 0 N–H and O–H groups in total. The van der Waals surface area contributed by atoms with Crippen LogP contribution in [0.3, 0.4) is 0 Å². The van der Waals surface area contributed by atoms with E-state index in [9.17, 15) is 0 Å². The fraction of sp³-hybridized carbons (Fsp3) is 0.455. The predicted molar refractivity (Wildman–Crippen MR) is 56.9 cm³/mol. The summed E-state index contributed by atoms with van der Waals surface area (Å²) in [4.78, 5) is 0. The van der Waals surface area contributed by atoms with Crippen LogP contribution in [0.15, 0.2) is 24.3 Å². The van der Waals surface area contributed by atoms with Crippen molar-refractivity contribution in [2.45, 2.75) is 18.8 Å². The van der Waals surface area contributed by atoms with Gasteiger partial charge in [0, 0.05) is 6.61 Å². The molecule has 13 heavy (non-hydrogen) atoms. The summed E-state index contributed by atoms with van der Waals surface area (Å²) >= 11 is 1.90. The Morgan fingerprint density at radius 2 is 2.08 bits per heavy atom. The standard InChI is InChI=1S/C11H14OS/c1-9-3-5-10(6-4-9)11-12-7-2-8-13-11/h3-6,11H,2,7-8H2,1H3. The van der Waals surface area contributed by atoms with Gasteiger partial charge in [-0.1, -0.05) is 29.8 Å². The molecule has 1 fully saturated rings. The molecule has 1 aliphatic heterocycles. The highest BCUT2D eigenvalue weighted by Crippen LogP contribution is 2.33. The number of hydrogen-bond acceptors (Lipinski definition) is 2. The van der Waals surface area contributed by atoms with E-state index >= 15 is 0 Å². The SMILES string of the molecule is Cc1ccc(C2OCCCS2)cc1. The highest BCUT2D eigenvalue weighted by atomic mass is 32.2. The lowest BCUT2D eigenvalue weighted by Crippen LogP contribution is -2.09. The lowest BCUT2D eigenvalue weighted by Gasteiger charge is -2.22. The fourth-order valence-electron chi connectivity index (χ4n) is 1.40. The topological polar surface area (TPSA) is 9.23 Å². The van der Waals surface area contributed by atoms with Crippen molar-refractivity contribution in [1.82, 2.24) is 0 Å². The zero-order valence-electron chi connectivity index (χ0n) is 7.82. The van der Waals surface area contributed by atoms with Gasteiger partial charge < -0.3 is 4.74 Å². The highest BCUT2D eigenvalue weighted by molar-refractivity contribution is 7.99. The number of aryl methyl sites for hydroxylation is 1. The molecule has 2 heteroatoms. The van der Waals surface area contributed by atoms with Gasteiger partial charge in [0.05, 0.1) is 0 Å². The van der Waals surface area contributed by atoms with Gasteiger partial charge in [0.15, 0.2) is 0 Å². The summed E-state index contributed by atoms with van der Waals surface area (Å²) in [5, 5.41) is 0. The van der Waals surface area contributed by atoms with Crippen molar-refractivity contribution < 1.29 is 4.74 Å². The lowest BCUT2D eigenvalue weighted by atomic mass is 10.2. The second-order valence-corrected chi connectivity index (χ2v) is 4.51. The Hall–Kier alpha value is -0.470. The molecule has 0 aromatic heterocycles. The number of rotatable bonds is 1. The zero-order valence-corrected chi connectivity index (χ0v) is 8.64. The molecule has 0 aliphatic carbocycles. The molecule has 0 spiro atoms. The van der Waals surface area contributed by atoms with Gasteiger partial charge in [-0.15, -0.1) is 11.8 Å². The number of ether oxygens (including phenoxy) is 1. The molecule has 2 rings (SSSR count). The summed E-state index contributed by atoms with van der Waals surface area (Å²) < 4.78 is 5.67. The van der Waals surface area contributed by atoms with E-state index in [-0.39, 0.29) is 5.44 Å². The van der Waals surface area contributed by atoms with Crippen LogP contribution < -0.4 is 0 Å². The third kappa shape index (κ3) is 2.26. The van der Waals surface area contributed by atoms with Gasteiger partial charge in [0.1, 0.15) is 5.44 Å². The Balaban J connectivity index is 2.10. The smallest absolute Gasteiger partial charge is 0.128 e. The van der Waals surface area contributed by atoms with E-state index in [2.05, 4.69) is 31.2 Å². The Labute approximate surface area is 83.5 Å². The Morgan fingerprint density at radius 3 is 2.69 bits per heavy atom. The molecule has 1 aromatic carbocycles. The van der Waals surface area contributed by atoms with E-state index in [1.165, 1.54) is 23.3 Å². The second kappa shape index (κ2) is 4.16. The molecule has 1 unspecified atom stereocenters. The number of thioether (sulfide) groups is 1. The average molecular weight is 194 g/mol. The largest absolute Gasteiger partial charge is 0.363 e. The molecule has 1 saturated heterocycles. The summed E-state index contributed by atoms with van der Waals surface area (Å²) in [5.74, 6) is 1.22. The molecule has 1 nitrogen and oxygen atoms in total. The molecule has 70 valence electrons. The molecular formula is C11H14OS. The molecule has 0 bridgehead atoms. The van der Waals surface area contributed by atoms with E-state index in [0.29, 0.717) is 0 Å². The predicted octanol–water partition coefficient (Wildman–Crippen LogP) is 3.15. The third-order valence-corrected chi connectivity index (χ3v) is 3.41. The van der Waals surface area contributed by atoms with Crippen LogP contribution in [0.5, 0.6) is 0 Å². The molecule has 1 aromatic rings. The summed E-state index contributed by atoms with van der Waals surface area (Å²) in [6.45, 7) is 3.02. The van der Waals surface area contributed by atoms with Crippen molar-refractivity contribution in [3.05, 3.63) is 35.4 Å². The minimum absolute atomic E-state index is 0.273. The monoisotopic (exact) mass is 194 g/mol. The maximum atomic E-state index is 5.67. The van der Waals surface area contributed by atoms with Crippen LogP contribution in [0.2, 0.25) is 0 Å². The molecule has 0 saturated carbocycles. The summed E-state index contributed by atoms with van der Waals surface area (Å²) in [5.41, 5.74) is 2.88. The van der Waals surface area contributed by atoms with Crippen molar-refractivity contribution in [3.63, 3.8) is 0 Å². The van der Waals surface area contributed by atoms with Gasteiger partial charge in [-0.25, -0.2) is 0 Å². The van der Waals surface area contributed by atoms with Crippen LogP contribution in [-0.4, -0.2) is 12.4 Å². The maximum Gasteiger partial charge on any atom is 0.128 e. The number of benzene rings is 1. The van der Waals surface area contributed by atoms with Crippen LogP contribution in [0.4, 0.5) is 0 Å². The molecular weight excluding hydrogens is 180 g/mol. The minimum Gasteiger partial charge on any atom is -0.363 e. The summed E-state index contributed by atoms with van der Waals surface area (Å²) in [6.07, 6.45) is 1.19. The van der Waals surface area contributed by atoms with Gasteiger partial charge in [-0.05, 0) is 24.7 Å². The van der Waals surface area contributed by atoms with Crippen molar-refractivity contribution >= 4 is 11.8 Å². The van der Waals surface area contributed by atoms with Gasteiger partial charge >= 0.3 is 0 Å². The molecule has 1 atom stereocenters. The fourth-order valence-corrected chi connectivity index (χ4v) is 2.44. The minimum atomic E-state index is 0.273. The van der Waals surface area contributed by atoms with Crippen molar-refractivity contribution in [3.8, 4) is 0 Å². The lowest BCUT2D eigenvalue weighted by molar-refractivity contribution is 0.106. The molecule has 0 amide bonds. The van der Waals surface area contributed by atoms with Crippen LogP contribution in [-0.2, 0) is 4.74 Å². The Kier molecular flexibility index (Phi) is 2.91. The van der Waals surface area contributed by atoms with Gasteiger partial charge in [0.2, 0.25) is 0 Å². The van der Waals surface area contributed by atoms with Crippen LogP contribution in [0, 0.1) is 6.92 Å². The van der Waals surface area contributed by atoms with E-state index in [1.807, 2.05) is 11.8 Å². The van der Waals surface area contributed by atoms with Crippen LogP contribution in [0.1, 0.15) is 23.0 Å². The second-order valence-electron chi connectivity index (χ2n) is 3.34. The number of hydrogen-bond donors (Lipinski definition) is 0. The Bertz CT molecular complexity index is 262. The quantitative estimate of drug-likeness (QED) is 0.679. The van der Waals surface area contributed by atoms with E-state index in [1.54, 1.807) is 0 Å². The van der Waals surface area contributed by atoms with E-state index < -0.39 is 0 Å². The first-order valence-electron chi connectivity index (χ1n) is 4.66. The zero-order chi connectivity index (χ0) is 9.10. The summed E-state index contributed by atoms with van der Waals surface area (Å²) in [6, 6.07) is 8.62. The van der Waals surface area contributed by atoms with Crippen LogP contribution >= 0.6 is 11.8 Å². The maximum absolute atomic E-state index is 5.67. The molecule has 0 radical (unpaired) electrons. The Morgan fingerprint density at radius 1 is 1.31 bits per heavy atom. The van der Waals surface area contributed by atoms with Gasteiger partial charge in [0.25, 0.3) is 0 Å². The normalized spacial score (nSPS) is 23.0. The third-order valence-electron chi connectivity index (χ3n) is 2.18. The first-order chi connectivity index (χ1) is 6.36. The van der Waals surface area contributed by atoms with Gasteiger partial charge in [-0.2, -0.15) is 0 Å². The van der Waals surface area contributed by atoms with Gasteiger partial charge in [-0.3, -0.25) is 0 Å². The molecule has 1 heterocycles. The highest BCUT2D eigenvalue weighted by Gasteiger charge is 2.15. The van der Waals surface area contributed by atoms with E-state index in [0.717, 1.165) is 6.61 Å². The van der Waals surface area contributed by atoms with Crippen molar-refractivity contribution in [1.29, 1.82) is 0 Å². The van der Waals surface area contributed by atoms with Crippen LogP contribution in [0.25, 0.3) is 0 Å². The van der Waals surface area contributed by atoms with Crippen molar-refractivity contribution in [2.75, 3.05) is 12.4 Å². The molecule has 1 aliphatic rings. The first-order valence-corrected chi connectivity index (χ1v) is 5.71. The summed E-state index contributed by atoms with van der Waals surface area (Å²) in [7, 11) is 0. The first kappa shape index (κ1) is 9.10.